The average molecular weight is 224 g/mol. The summed E-state index contributed by atoms with van der Waals surface area (Å²) in [5.41, 5.74) is 6.21. The highest BCUT2D eigenvalue weighted by molar-refractivity contribution is 5.99. The molecule has 0 unspecified atom stereocenters. The van der Waals surface area contributed by atoms with Gasteiger partial charge in [0, 0.05) is 18.8 Å². The van der Waals surface area contributed by atoms with E-state index in [4.69, 9.17) is 10.8 Å². The number of rotatable bonds is 5. The van der Waals surface area contributed by atoms with E-state index >= 15 is 0 Å². The minimum Gasteiger partial charge on any atom is -0.508 e. The summed E-state index contributed by atoms with van der Waals surface area (Å²) in [5.74, 6) is -0.305. The van der Waals surface area contributed by atoms with Crippen molar-refractivity contribution in [3.63, 3.8) is 0 Å². The summed E-state index contributed by atoms with van der Waals surface area (Å²) in [6.45, 7) is 0.596. The van der Waals surface area contributed by atoms with Crippen LogP contribution in [-0.2, 0) is 0 Å². The number of aromatic hydroxyl groups is 1. The molecule has 1 rings (SSSR count). The molecule has 5 N–H and O–H groups in total. The Hall–Kier alpha value is -1.75. The van der Waals surface area contributed by atoms with E-state index in [0.717, 1.165) is 0 Å². The summed E-state index contributed by atoms with van der Waals surface area (Å²) in [4.78, 5) is 11.6. The van der Waals surface area contributed by atoms with Crippen molar-refractivity contribution in [3.05, 3.63) is 23.8 Å². The second-order valence-corrected chi connectivity index (χ2v) is 3.46. The maximum atomic E-state index is 11.6. The van der Waals surface area contributed by atoms with Crippen LogP contribution in [0.4, 0.5) is 5.69 Å². The van der Waals surface area contributed by atoms with Crippen LogP contribution in [0.2, 0.25) is 0 Å². The quantitative estimate of drug-likeness (QED) is 0.332. The van der Waals surface area contributed by atoms with Crippen molar-refractivity contribution in [1.82, 2.24) is 5.32 Å². The summed E-state index contributed by atoms with van der Waals surface area (Å²) in [6.07, 6.45) is 1.36. The van der Waals surface area contributed by atoms with Crippen LogP contribution in [0.3, 0.4) is 0 Å². The van der Waals surface area contributed by atoms with Gasteiger partial charge in [0.15, 0.2) is 0 Å². The van der Waals surface area contributed by atoms with Gasteiger partial charge in [0.25, 0.3) is 5.91 Å². The van der Waals surface area contributed by atoms with E-state index in [9.17, 15) is 9.90 Å². The second kappa shape index (κ2) is 5.97. The molecule has 0 bridgehead atoms. The summed E-state index contributed by atoms with van der Waals surface area (Å²) in [5, 5.41) is 20.5. The van der Waals surface area contributed by atoms with Crippen molar-refractivity contribution in [2.45, 2.75) is 12.8 Å². The fourth-order valence-electron chi connectivity index (χ4n) is 1.27. The highest BCUT2D eigenvalue weighted by atomic mass is 16.3. The molecule has 0 saturated carbocycles. The zero-order valence-corrected chi connectivity index (χ0v) is 8.94. The van der Waals surface area contributed by atoms with E-state index in [1.165, 1.54) is 18.2 Å². The van der Waals surface area contributed by atoms with Crippen LogP contribution in [-0.4, -0.2) is 29.3 Å². The van der Waals surface area contributed by atoms with Crippen LogP contribution < -0.4 is 11.1 Å². The van der Waals surface area contributed by atoms with E-state index in [-0.39, 0.29) is 23.8 Å². The summed E-state index contributed by atoms with van der Waals surface area (Å²) in [6, 6.07) is 4.24. The number of carbonyl (C=O) groups is 1. The van der Waals surface area contributed by atoms with Gasteiger partial charge in [-0.2, -0.15) is 0 Å². The maximum Gasteiger partial charge on any atom is 0.253 e. The van der Waals surface area contributed by atoms with Gasteiger partial charge >= 0.3 is 0 Å². The van der Waals surface area contributed by atoms with Gasteiger partial charge in [-0.05, 0) is 31.0 Å². The molecule has 0 aromatic heterocycles. The molecule has 0 aliphatic carbocycles. The molecule has 0 spiro atoms. The third kappa shape index (κ3) is 3.43. The van der Waals surface area contributed by atoms with Crippen molar-refractivity contribution >= 4 is 11.6 Å². The number of nitrogen functional groups attached to an aromatic ring is 1. The number of anilines is 1. The number of aliphatic hydroxyl groups excluding tert-OH is 1. The number of hydrogen-bond donors (Lipinski definition) is 4. The molecule has 0 heterocycles. The van der Waals surface area contributed by atoms with Crippen molar-refractivity contribution in [2.75, 3.05) is 18.9 Å². The molecule has 0 atom stereocenters. The number of phenolic OH excluding ortho intramolecular Hbond substituents is 1. The largest absolute Gasteiger partial charge is 0.508 e. The van der Waals surface area contributed by atoms with Crippen LogP contribution in [0, 0.1) is 0 Å². The number of carbonyl (C=O) groups excluding carboxylic acids is 1. The van der Waals surface area contributed by atoms with Gasteiger partial charge in [-0.25, -0.2) is 0 Å². The van der Waals surface area contributed by atoms with Gasteiger partial charge < -0.3 is 21.3 Å². The Bertz CT molecular complexity index is 366. The van der Waals surface area contributed by atoms with Crippen molar-refractivity contribution < 1.29 is 15.0 Å². The number of phenols is 1. The highest BCUT2D eigenvalue weighted by Gasteiger charge is 2.09. The Morgan fingerprint density at radius 2 is 2.12 bits per heavy atom. The fourth-order valence-corrected chi connectivity index (χ4v) is 1.27. The third-order valence-electron chi connectivity index (χ3n) is 2.15. The summed E-state index contributed by atoms with van der Waals surface area (Å²) < 4.78 is 0. The average Bonchev–Trinajstić information content (AvgIpc) is 2.27. The van der Waals surface area contributed by atoms with E-state index in [1.807, 2.05) is 0 Å². The Kier molecular flexibility index (Phi) is 4.60. The Labute approximate surface area is 93.9 Å². The topological polar surface area (TPSA) is 95.6 Å². The molecule has 0 saturated heterocycles. The number of nitrogens with one attached hydrogen (secondary N) is 1. The smallest absolute Gasteiger partial charge is 0.253 e. The fraction of sp³-hybridized carbons (Fsp3) is 0.364. The van der Waals surface area contributed by atoms with Crippen LogP contribution in [0.1, 0.15) is 23.2 Å². The maximum absolute atomic E-state index is 11.6. The molecule has 5 nitrogen and oxygen atoms in total. The number of nitrogens with two attached hydrogens (primary N) is 1. The van der Waals surface area contributed by atoms with Crippen LogP contribution >= 0.6 is 0 Å². The number of aliphatic hydroxyl groups is 1. The SMILES string of the molecule is Nc1ccc(O)cc1C(=O)NCCCCO. The first-order valence-electron chi connectivity index (χ1n) is 5.12. The van der Waals surface area contributed by atoms with Gasteiger partial charge in [-0.1, -0.05) is 0 Å². The molecule has 88 valence electrons. The molecule has 0 fully saturated rings. The monoisotopic (exact) mass is 224 g/mol. The summed E-state index contributed by atoms with van der Waals surface area (Å²) in [7, 11) is 0. The molecule has 1 aromatic rings. The third-order valence-corrected chi connectivity index (χ3v) is 2.15. The van der Waals surface area contributed by atoms with Crippen molar-refractivity contribution in [2.24, 2.45) is 0 Å². The Morgan fingerprint density at radius 1 is 1.38 bits per heavy atom. The molecule has 1 amide bonds. The molecule has 16 heavy (non-hydrogen) atoms. The Morgan fingerprint density at radius 3 is 2.81 bits per heavy atom. The number of hydrogen-bond acceptors (Lipinski definition) is 4. The first-order valence-corrected chi connectivity index (χ1v) is 5.12. The van der Waals surface area contributed by atoms with E-state index in [2.05, 4.69) is 5.32 Å². The molecule has 5 heteroatoms. The lowest BCUT2D eigenvalue weighted by molar-refractivity contribution is 0.0952. The molecule has 0 aliphatic heterocycles. The lowest BCUT2D eigenvalue weighted by Gasteiger charge is -2.07. The predicted octanol–water partition coefficient (Wildman–Crippen LogP) is 0.477. The van der Waals surface area contributed by atoms with Gasteiger partial charge in [0.2, 0.25) is 0 Å². The molecule has 1 aromatic carbocycles. The van der Waals surface area contributed by atoms with E-state index in [0.29, 0.717) is 25.1 Å². The predicted molar refractivity (Wildman–Crippen MR) is 61.2 cm³/mol. The Balaban J connectivity index is 2.55. The van der Waals surface area contributed by atoms with E-state index in [1.54, 1.807) is 0 Å². The zero-order chi connectivity index (χ0) is 12.0. The standard InChI is InChI=1S/C11H16N2O3/c12-10-4-3-8(15)7-9(10)11(16)13-5-1-2-6-14/h3-4,7,14-15H,1-2,5-6,12H2,(H,13,16). The second-order valence-electron chi connectivity index (χ2n) is 3.46. The van der Waals surface area contributed by atoms with Crippen LogP contribution in [0.5, 0.6) is 5.75 Å². The minimum atomic E-state index is -0.314. The number of unbranched alkanes of at least 4 members (excludes halogenated alkanes) is 1. The number of benzene rings is 1. The number of amides is 1. The molecule has 0 aliphatic rings. The van der Waals surface area contributed by atoms with Gasteiger partial charge in [-0.15, -0.1) is 0 Å². The lowest BCUT2D eigenvalue weighted by Crippen LogP contribution is -2.25. The van der Waals surface area contributed by atoms with Crippen molar-refractivity contribution in [1.29, 1.82) is 0 Å². The highest BCUT2D eigenvalue weighted by Crippen LogP contribution is 2.18. The summed E-state index contributed by atoms with van der Waals surface area (Å²) >= 11 is 0. The van der Waals surface area contributed by atoms with E-state index < -0.39 is 0 Å². The van der Waals surface area contributed by atoms with Gasteiger partial charge in [0.05, 0.1) is 5.56 Å². The van der Waals surface area contributed by atoms with Crippen LogP contribution in [0.15, 0.2) is 18.2 Å². The normalized spacial score (nSPS) is 10.1. The van der Waals surface area contributed by atoms with Crippen molar-refractivity contribution in [3.8, 4) is 5.75 Å². The van der Waals surface area contributed by atoms with Gasteiger partial charge in [-0.3, -0.25) is 4.79 Å². The van der Waals surface area contributed by atoms with Gasteiger partial charge in [0.1, 0.15) is 5.75 Å². The first-order chi connectivity index (χ1) is 7.65. The van der Waals surface area contributed by atoms with Crippen LogP contribution in [0.25, 0.3) is 0 Å². The lowest BCUT2D eigenvalue weighted by atomic mass is 10.1. The first kappa shape index (κ1) is 12.3. The zero-order valence-electron chi connectivity index (χ0n) is 8.94. The molecular weight excluding hydrogens is 208 g/mol. The minimum absolute atomic E-state index is 0.00899. The molecular formula is C11H16N2O3. The molecule has 0 radical (unpaired) electrons.